The molecule has 1 unspecified atom stereocenters. The summed E-state index contributed by atoms with van der Waals surface area (Å²) in [5, 5.41) is 8.95. The van der Waals surface area contributed by atoms with Gasteiger partial charge in [-0.15, -0.1) is 11.3 Å². The summed E-state index contributed by atoms with van der Waals surface area (Å²) in [5.41, 5.74) is 2.26. The molecule has 2 heterocycles. The summed E-state index contributed by atoms with van der Waals surface area (Å²) in [6.45, 7) is 1.79. The smallest absolute Gasteiger partial charge is 0.229 e. The number of amides is 1. The summed E-state index contributed by atoms with van der Waals surface area (Å²) < 4.78 is 18.1. The molecule has 1 N–H and O–H groups in total. The van der Waals surface area contributed by atoms with Crippen LogP contribution in [0.2, 0.25) is 5.22 Å². The lowest BCUT2D eigenvalue weighted by atomic mass is 10.0. The summed E-state index contributed by atoms with van der Waals surface area (Å²) in [7, 11) is 0. The van der Waals surface area contributed by atoms with Gasteiger partial charge in [0.1, 0.15) is 5.82 Å². The summed E-state index contributed by atoms with van der Waals surface area (Å²) >= 11 is 7.47. The van der Waals surface area contributed by atoms with Crippen LogP contribution in [0.4, 0.5) is 4.39 Å². The number of nitrogens with one attached hydrogen (secondary N) is 1. The summed E-state index contributed by atoms with van der Waals surface area (Å²) in [6.07, 6.45) is 0.700. The Morgan fingerprint density at radius 3 is 2.72 bits per heavy atom. The molecule has 130 valence electrons. The van der Waals surface area contributed by atoms with Crippen molar-refractivity contribution in [1.29, 1.82) is 0 Å². The standard InChI is InChI=1S/C18H16ClFN2O2S/c1-11-14(18(19)24-22-11)8-9-16(23)21-17(15-3-2-10-25-15)12-4-6-13(20)7-5-12/h2-7,10,17H,8-9H2,1H3,(H,21,23). The predicted octanol–water partition coefficient (Wildman–Crippen LogP) is 4.68. The fraction of sp³-hybridized carbons (Fsp3) is 0.222. The van der Waals surface area contributed by atoms with Crippen molar-refractivity contribution in [2.45, 2.75) is 25.8 Å². The second-order valence-electron chi connectivity index (χ2n) is 5.59. The molecule has 25 heavy (non-hydrogen) atoms. The number of carbonyl (C=O) groups is 1. The number of aryl methyl sites for hydroxylation is 1. The van der Waals surface area contributed by atoms with Crippen molar-refractivity contribution in [3.63, 3.8) is 0 Å². The van der Waals surface area contributed by atoms with Gasteiger partial charge in [-0.05, 0) is 54.1 Å². The zero-order chi connectivity index (χ0) is 17.8. The van der Waals surface area contributed by atoms with E-state index < -0.39 is 0 Å². The van der Waals surface area contributed by atoms with Crippen LogP contribution in [-0.2, 0) is 11.2 Å². The van der Waals surface area contributed by atoms with Gasteiger partial charge in [0.05, 0.1) is 11.7 Å². The molecule has 7 heteroatoms. The molecule has 4 nitrogen and oxygen atoms in total. The highest BCUT2D eigenvalue weighted by Gasteiger charge is 2.19. The highest BCUT2D eigenvalue weighted by atomic mass is 35.5. The van der Waals surface area contributed by atoms with Crippen LogP contribution >= 0.6 is 22.9 Å². The summed E-state index contributed by atoms with van der Waals surface area (Å²) in [6, 6.07) is 9.70. The zero-order valence-electron chi connectivity index (χ0n) is 13.5. The van der Waals surface area contributed by atoms with Crippen LogP contribution in [0.15, 0.2) is 46.3 Å². The van der Waals surface area contributed by atoms with Crippen LogP contribution in [0.25, 0.3) is 0 Å². The zero-order valence-corrected chi connectivity index (χ0v) is 15.0. The first-order valence-electron chi connectivity index (χ1n) is 7.73. The van der Waals surface area contributed by atoms with E-state index in [1.807, 2.05) is 17.5 Å². The molecule has 0 aliphatic carbocycles. The Bertz CT molecular complexity index is 827. The van der Waals surface area contributed by atoms with Crippen LogP contribution in [0.1, 0.15) is 34.2 Å². The van der Waals surface area contributed by atoms with E-state index in [0.29, 0.717) is 12.1 Å². The molecule has 3 rings (SSSR count). The van der Waals surface area contributed by atoms with Crippen LogP contribution in [-0.4, -0.2) is 11.1 Å². The lowest BCUT2D eigenvalue weighted by Crippen LogP contribution is -2.29. The minimum atomic E-state index is -0.313. The van der Waals surface area contributed by atoms with E-state index in [2.05, 4.69) is 10.5 Å². The van der Waals surface area contributed by atoms with Crippen molar-refractivity contribution in [3.05, 3.63) is 74.5 Å². The molecule has 0 aliphatic heterocycles. The van der Waals surface area contributed by atoms with Crippen molar-refractivity contribution in [2.75, 3.05) is 0 Å². The van der Waals surface area contributed by atoms with Crippen molar-refractivity contribution >= 4 is 28.8 Å². The first-order valence-corrected chi connectivity index (χ1v) is 8.99. The van der Waals surface area contributed by atoms with E-state index in [1.54, 1.807) is 19.1 Å². The second-order valence-corrected chi connectivity index (χ2v) is 6.91. The lowest BCUT2D eigenvalue weighted by molar-refractivity contribution is -0.121. The van der Waals surface area contributed by atoms with Crippen molar-refractivity contribution in [3.8, 4) is 0 Å². The highest BCUT2D eigenvalue weighted by Crippen LogP contribution is 2.27. The van der Waals surface area contributed by atoms with E-state index in [-0.39, 0.29) is 29.4 Å². The molecule has 0 bridgehead atoms. The van der Waals surface area contributed by atoms with Crippen LogP contribution in [0.3, 0.4) is 0 Å². The quantitative estimate of drug-likeness (QED) is 0.677. The van der Waals surface area contributed by atoms with E-state index >= 15 is 0 Å². The average Bonchev–Trinajstić information content (AvgIpc) is 3.23. The molecule has 2 aromatic heterocycles. The topological polar surface area (TPSA) is 55.1 Å². The Kier molecular flexibility index (Phi) is 5.50. The Morgan fingerprint density at radius 1 is 1.36 bits per heavy atom. The third-order valence-electron chi connectivity index (χ3n) is 3.88. The predicted molar refractivity (Wildman–Crippen MR) is 95.3 cm³/mol. The van der Waals surface area contributed by atoms with Gasteiger partial charge < -0.3 is 9.84 Å². The summed E-state index contributed by atoms with van der Waals surface area (Å²) in [4.78, 5) is 13.4. The number of nitrogens with zero attached hydrogens (tertiary/aromatic N) is 1. The maximum absolute atomic E-state index is 13.2. The number of hydrogen-bond donors (Lipinski definition) is 1. The maximum atomic E-state index is 13.2. The second kappa shape index (κ2) is 7.80. The largest absolute Gasteiger partial charge is 0.344 e. The van der Waals surface area contributed by atoms with Gasteiger partial charge in [-0.2, -0.15) is 0 Å². The fourth-order valence-corrected chi connectivity index (χ4v) is 3.61. The summed E-state index contributed by atoms with van der Waals surface area (Å²) in [5.74, 6) is -0.433. The molecule has 1 amide bonds. The molecular formula is C18H16ClFN2O2S. The minimum absolute atomic E-state index is 0.126. The fourth-order valence-electron chi connectivity index (χ4n) is 2.54. The molecule has 1 atom stereocenters. The van der Waals surface area contributed by atoms with Gasteiger partial charge in [0.15, 0.2) is 0 Å². The van der Waals surface area contributed by atoms with E-state index in [4.69, 9.17) is 16.1 Å². The number of halogens is 2. The van der Waals surface area contributed by atoms with Crippen LogP contribution < -0.4 is 5.32 Å². The van der Waals surface area contributed by atoms with Gasteiger partial charge in [0.2, 0.25) is 11.1 Å². The normalized spacial score (nSPS) is 12.1. The monoisotopic (exact) mass is 378 g/mol. The molecule has 1 aromatic carbocycles. The Hall–Kier alpha value is -2.18. The molecule has 0 fully saturated rings. The molecule has 3 aromatic rings. The van der Waals surface area contributed by atoms with Crippen molar-refractivity contribution in [1.82, 2.24) is 10.5 Å². The highest BCUT2D eigenvalue weighted by molar-refractivity contribution is 7.10. The minimum Gasteiger partial charge on any atom is -0.344 e. The first kappa shape index (κ1) is 17.6. The van der Waals surface area contributed by atoms with Gasteiger partial charge >= 0.3 is 0 Å². The molecule has 0 saturated carbocycles. The lowest BCUT2D eigenvalue weighted by Gasteiger charge is -2.18. The van der Waals surface area contributed by atoms with Gasteiger partial charge in [-0.1, -0.05) is 23.4 Å². The molecule has 0 saturated heterocycles. The number of thiophene rings is 1. The third-order valence-corrected chi connectivity index (χ3v) is 5.11. The Balaban J connectivity index is 1.72. The molecule has 0 radical (unpaired) electrons. The molecule has 0 spiro atoms. The van der Waals surface area contributed by atoms with Crippen molar-refractivity contribution in [2.24, 2.45) is 0 Å². The molecule has 0 aliphatic rings. The van der Waals surface area contributed by atoms with Crippen LogP contribution in [0.5, 0.6) is 0 Å². The third kappa shape index (κ3) is 4.27. The van der Waals surface area contributed by atoms with E-state index in [1.165, 1.54) is 23.5 Å². The number of benzene rings is 1. The van der Waals surface area contributed by atoms with Crippen LogP contribution in [0, 0.1) is 12.7 Å². The van der Waals surface area contributed by atoms with E-state index in [9.17, 15) is 9.18 Å². The number of carbonyl (C=O) groups excluding carboxylic acids is 1. The number of hydrogen-bond acceptors (Lipinski definition) is 4. The number of rotatable bonds is 6. The number of aromatic nitrogens is 1. The Morgan fingerprint density at radius 2 is 2.12 bits per heavy atom. The average molecular weight is 379 g/mol. The maximum Gasteiger partial charge on any atom is 0.229 e. The van der Waals surface area contributed by atoms with Crippen molar-refractivity contribution < 1.29 is 13.7 Å². The van der Waals surface area contributed by atoms with Gasteiger partial charge in [0, 0.05) is 16.9 Å². The van der Waals surface area contributed by atoms with Gasteiger partial charge in [0.25, 0.3) is 0 Å². The van der Waals surface area contributed by atoms with Gasteiger partial charge in [-0.3, -0.25) is 4.79 Å². The van der Waals surface area contributed by atoms with E-state index in [0.717, 1.165) is 16.0 Å². The Labute approximate surface area is 153 Å². The molecular weight excluding hydrogens is 363 g/mol. The first-order chi connectivity index (χ1) is 12.0. The SMILES string of the molecule is Cc1noc(Cl)c1CCC(=O)NC(c1ccc(F)cc1)c1cccs1. The van der Waals surface area contributed by atoms with Gasteiger partial charge in [-0.25, -0.2) is 4.39 Å².